The Kier molecular flexibility index (Phi) is 6.36. The van der Waals surface area contributed by atoms with Crippen LogP contribution in [0.3, 0.4) is 0 Å². The van der Waals surface area contributed by atoms with Gasteiger partial charge in [0.25, 0.3) is 0 Å². The third-order valence-electron chi connectivity index (χ3n) is 4.42. The van der Waals surface area contributed by atoms with E-state index in [0.717, 1.165) is 12.8 Å². The number of hydrogen-bond acceptors (Lipinski definition) is 6. The molecule has 3 rings (SSSR count). The molecule has 0 saturated heterocycles. The largest absolute Gasteiger partial charge is 0.344 e. The number of carbonyl (C=O) groups is 1. The lowest BCUT2D eigenvalue weighted by Gasteiger charge is -2.18. The molecule has 1 aliphatic carbocycles. The maximum Gasteiger partial charge on any atom is 0.249 e. The van der Waals surface area contributed by atoms with E-state index in [-0.39, 0.29) is 34.7 Å². The van der Waals surface area contributed by atoms with Gasteiger partial charge in [0.2, 0.25) is 21.8 Å². The molecule has 1 amide bonds. The molecule has 0 bridgehead atoms. The van der Waals surface area contributed by atoms with Crippen LogP contribution in [0, 0.1) is 5.92 Å². The SMILES string of the molecule is CC(C)C(NC(=O)CCNS(=O)(=O)c1ccccc1Cl)c1nc(C2CC2)no1. The number of aromatic nitrogens is 2. The van der Waals surface area contributed by atoms with Crippen LogP contribution in [0.25, 0.3) is 0 Å². The van der Waals surface area contributed by atoms with Gasteiger partial charge in [0, 0.05) is 18.9 Å². The van der Waals surface area contributed by atoms with Crippen molar-refractivity contribution in [1.29, 1.82) is 0 Å². The molecule has 1 fully saturated rings. The van der Waals surface area contributed by atoms with Crippen molar-refractivity contribution in [3.63, 3.8) is 0 Å². The van der Waals surface area contributed by atoms with Crippen molar-refractivity contribution in [3.05, 3.63) is 41.0 Å². The Morgan fingerprint density at radius 3 is 2.68 bits per heavy atom. The topological polar surface area (TPSA) is 114 Å². The van der Waals surface area contributed by atoms with E-state index in [0.29, 0.717) is 17.6 Å². The van der Waals surface area contributed by atoms with Crippen LogP contribution in [0.4, 0.5) is 0 Å². The molecule has 1 aromatic carbocycles. The van der Waals surface area contributed by atoms with Crippen LogP contribution in [0.15, 0.2) is 33.7 Å². The van der Waals surface area contributed by atoms with Crippen molar-refractivity contribution in [2.75, 3.05) is 6.54 Å². The van der Waals surface area contributed by atoms with Crippen LogP contribution in [-0.2, 0) is 14.8 Å². The maximum atomic E-state index is 12.3. The van der Waals surface area contributed by atoms with Crippen molar-refractivity contribution < 1.29 is 17.7 Å². The smallest absolute Gasteiger partial charge is 0.249 e. The third-order valence-corrected chi connectivity index (χ3v) is 6.38. The molecule has 1 atom stereocenters. The second-order valence-electron chi connectivity index (χ2n) is 7.13. The zero-order chi connectivity index (χ0) is 20.3. The highest BCUT2D eigenvalue weighted by Crippen LogP contribution is 2.38. The summed E-state index contributed by atoms with van der Waals surface area (Å²) >= 11 is 5.93. The fourth-order valence-corrected chi connectivity index (χ4v) is 4.23. The molecule has 10 heteroatoms. The number of halogens is 1. The minimum absolute atomic E-state index is 0.0180. The van der Waals surface area contributed by atoms with Crippen molar-refractivity contribution in [2.45, 2.75) is 50.0 Å². The van der Waals surface area contributed by atoms with Crippen molar-refractivity contribution in [2.24, 2.45) is 5.92 Å². The summed E-state index contributed by atoms with van der Waals surface area (Å²) in [4.78, 5) is 16.7. The average molecular weight is 427 g/mol. The zero-order valence-corrected chi connectivity index (χ0v) is 17.3. The van der Waals surface area contributed by atoms with Gasteiger partial charge >= 0.3 is 0 Å². The van der Waals surface area contributed by atoms with E-state index in [2.05, 4.69) is 20.2 Å². The summed E-state index contributed by atoms with van der Waals surface area (Å²) in [7, 11) is -3.79. The van der Waals surface area contributed by atoms with Gasteiger partial charge in [-0.1, -0.05) is 42.7 Å². The van der Waals surface area contributed by atoms with Gasteiger partial charge < -0.3 is 9.84 Å². The summed E-state index contributed by atoms with van der Waals surface area (Å²) in [6.45, 7) is 3.82. The van der Waals surface area contributed by atoms with Gasteiger partial charge in [-0.25, -0.2) is 13.1 Å². The third kappa shape index (κ3) is 5.09. The molecule has 1 unspecified atom stereocenters. The van der Waals surface area contributed by atoms with E-state index in [9.17, 15) is 13.2 Å². The van der Waals surface area contributed by atoms with Crippen molar-refractivity contribution in [1.82, 2.24) is 20.2 Å². The van der Waals surface area contributed by atoms with Gasteiger partial charge in [0.15, 0.2) is 5.82 Å². The first-order valence-electron chi connectivity index (χ1n) is 9.15. The summed E-state index contributed by atoms with van der Waals surface area (Å²) in [6.07, 6.45) is 2.09. The molecule has 2 N–H and O–H groups in total. The normalized spacial score (nSPS) is 15.6. The quantitative estimate of drug-likeness (QED) is 0.637. The molecule has 1 heterocycles. The molecule has 152 valence electrons. The molecule has 1 aromatic heterocycles. The van der Waals surface area contributed by atoms with E-state index in [1.807, 2.05) is 13.8 Å². The second-order valence-corrected chi connectivity index (χ2v) is 9.28. The van der Waals surface area contributed by atoms with Crippen LogP contribution in [0.1, 0.15) is 56.8 Å². The Bertz CT molecular complexity index is 941. The molecular weight excluding hydrogens is 404 g/mol. The van der Waals surface area contributed by atoms with Crippen LogP contribution in [0.5, 0.6) is 0 Å². The summed E-state index contributed by atoms with van der Waals surface area (Å²) in [5.41, 5.74) is 0. The van der Waals surface area contributed by atoms with E-state index in [4.69, 9.17) is 16.1 Å². The first kappa shape index (κ1) is 20.8. The van der Waals surface area contributed by atoms with E-state index in [1.54, 1.807) is 12.1 Å². The van der Waals surface area contributed by atoms with Crippen LogP contribution < -0.4 is 10.0 Å². The first-order chi connectivity index (χ1) is 13.3. The number of carbonyl (C=O) groups excluding carboxylic acids is 1. The molecule has 0 radical (unpaired) electrons. The highest BCUT2D eigenvalue weighted by molar-refractivity contribution is 7.89. The minimum atomic E-state index is -3.79. The minimum Gasteiger partial charge on any atom is -0.344 e. The Labute approximate surface area is 169 Å². The highest BCUT2D eigenvalue weighted by Gasteiger charge is 2.31. The van der Waals surface area contributed by atoms with Crippen LogP contribution >= 0.6 is 11.6 Å². The molecule has 0 aliphatic heterocycles. The fourth-order valence-electron chi connectivity index (χ4n) is 2.68. The highest BCUT2D eigenvalue weighted by atomic mass is 35.5. The number of hydrogen-bond donors (Lipinski definition) is 2. The number of amides is 1. The fraction of sp³-hybridized carbons (Fsp3) is 0.500. The molecule has 1 aliphatic rings. The van der Waals surface area contributed by atoms with Crippen molar-refractivity contribution >= 4 is 27.5 Å². The van der Waals surface area contributed by atoms with Crippen molar-refractivity contribution in [3.8, 4) is 0 Å². The lowest BCUT2D eigenvalue weighted by atomic mass is 10.0. The van der Waals surface area contributed by atoms with Crippen LogP contribution in [-0.4, -0.2) is 31.0 Å². The average Bonchev–Trinajstić information content (AvgIpc) is 3.37. The summed E-state index contributed by atoms with van der Waals surface area (Å²) in [5, 5.41) is 6.96. The molecule has 1 saturated carbocycles. The zero-order valence-electron chi connectivity index (χ0n) is 15.7. The summed E-state index contributed by atoms with van der Waals surface area (Å²) in [5.74, 6) is 1.15. The van der Waals surface area contributed by atoms with Gasteiger partial charge in [0.05, 0.1) is 5.02 Å². The number of rotatable bonds is 9. The Morgan fingerprint density at radius 2 is 2.04 bits per heavy atom. The Hall–Kier alpha value is -1.97. The van der Waals surface area contributed by atoms with Gasteiger partial charge in [0.1, 0.15) is 10.9 Å². The molecule has 2 aromatic rings. The lowest BCUT2D eigenvalue weighted by molar-refractivity contribution is -0.122. The van der Waals surface area contributed by atoms with E-state index >= 15 is 0 Å². The molecule has 0 spiro atoms. The molecule has 28 heavy (non-hydrogen) atoms. The van der Waals surface area contributed by atoms with Gasteiger partial charge in [-0.15, -0.1) is 0 Å². The predicted molar refractivity (Wildman–Crippen MR) is 103 cm³/mol. The Balaban J connectivity index is 1.55. The number of sulfonamides is 1. The lowest BCUT2D eigenvalue weighted by Crippen LogP contribution is -2.35. The van der Waals surface area contributed by atoms with E-state index < -0.39 is 16.1 Å². The number of benzene rings is 1. The predicted octanol–water partition coefficient (Wildman–Crippen LogP) is 2.78. The van der Waals surface area contributed by atoms with Crippen LogP contribution in [0.2, 0.25) is 5.02 Å². The molecular formula is C18H23ClN4O4S. The summed E-state index contributed by atoms with van der Waals surface area (Å²) in [6, 6.07) is 5.71. The second kappa shape index (κ2) is 8.59. The van der Waals surface area contributed by atoms with Gasteiger partial charge in [-0.05, 0) is 30.9 Å². The number of nitrogens with zero attached hydrogens (tertiary/aromatic N) is 2. The number of nitrogens with one attached hydrogen (secondary N) is 2. The van der Waals surface area contributed by atoms with E-state index in [1.165, 1.54) is 12.1 Å². The Morgan fingerprint density at radius 1 is 1.32 bits per heavy atom. The first-order valence-corrected chi connectivity index (χ1v) is 11.0. The molecule has 8 nitrogen and oxygen atoms in total. The summed E-state index contributed by atoms with van der Waals surface area (Å²) < 4.78 is 32.3. The standard InChI is InChI=1S/C18H23ClN4O4S/c1-11(2)16(18-22-17(23-27-18)12-7-8-12)21-15(24)9-10-20-28(25,26)14-6-4-3-5-13(14)19/h3-6,11-12,16,20H,7-10H2,1-2H3,(H,21,24). The monoisotopic (exact) mass is 426 g/mol. The van der Waals surface area contributed by atoms with Gasteiger partial charge in [-0.3, -0.25) is 4.79 Å². The maximum absolute atomic E-state index is 12.3. The van der Waals surface area contributed by atoms with Gasteiger partial charge in [-0.2, -0.15) is 4.98 Å².